The molecule has 252 valence electrons. The third-order valence-corrected chi connectivity index (χ3v) is 9.45. The topological polar surface area (TPSA) is 24.9 Å². The first kappa shape index (κ1) is 32.4. The number of fused-ring (bicyclic) bond motifs is 1. The van der Waals surface area contributed by atoms with E-state index in [1.54, 1.807) is 14.2 Å². The Morgan fingerprint density at radius 1 is 0.288 bits per heavy atom. The van der Waals surface area contributed by atoms with Gasteiger partial charge in [0.2, 0.25) is 0 Å². The lowest BCUT2D eigenvalue weighted by molar-refractivity contribution is 0.414. The lowest BCUT2D eigenvalue weighted by Gasteiger charge is -2.27. The van der Waals surface area contributed by atoms with E-state index in [1.807, 2.05) is 36.4 Å². The molecule has 0 amide bonds. The molecule has 0 aliphatic carbocycles. The summed E-state index contributed by atoms with van der Waals surface area (Å²) in [5, 5.41) is 2.30. The first-order valence-electron chi connectivity index (χ1n) is 17.4. The monoisotopic (exact) mass is 674 g/mol. The normalized spacial score (nSPS) is 10.9. The van der Waals surface area contributed by atoms with E-state index < -0.39 is 0 Å². The second-order valence-electron chi connectivity index (χ2n) is 12.6. The van der Waals surface area contributed by atoms with Crippen LogP contribution in [0.15, 0.2) is 194 Å². The first-order valence-corrected chi connectivity index (χ1v) is 17.4. The predicted molar refractivity (Wildman–Crippen MR) is 217 cm³/mol. The highest BCUT2D eigenvalue weighted by atomic mass is 16.5. The average Bonchev–Trinajstić information content (AvgIpc) is 3.22. The molecule has 4 nitrogen and oxygen atoms in total. The van der Waals surface area contributed by atoms with Crippen molar-refractivity contribution >= 4 is 44.9 Å². The number of hydrogen-bond acceptors (Lipinski definition) is 4. The minimum atomic E-state index is 0.821. The van der Waals surface area contributed by atoms with Crippen LogP contribution in [0, 0.1) is 0 Å². The number of hydrogen-bond donors (Lipinski definition) is 0. The van der Waals surface area contributed by atoms with Crippen molar-refractivity contribution in [2.75, 3.05) is 24.0 Å². The van der Waals surface area contributed by atoms with Crippen LogP contribution in [0.1, 0.15) is 0 Å². The van der Waals surface area contributed by atoms with Crippen LogP contribution in [-0.4, -0.2) is 14.2 Å². The molecule has 0 radical (unpaired) electrons. The van der Waals surface area contributed by atoms with Gasteiger partial charge in [-0.25, -0.2) is 0 Å². The highest BCUT2D eigenvalue weighted by Gasteiger charge is 2.17. The fourth-order valence-electron chi connectivity index (χ4n) is 6.72. The van der Waals surface area contributed by atoms with Crippen LogP contribution in [0.4, 0.5) is 34.1 Å². The van der Waals surface area contributed by atoms with Crippen LogP contribution in [0.25, 0.3) is 33.0 Å². The Bertz CT molecular complexity index is 2220. The Labute approximate surface area is 305 Å². The Kier molecular flexibility index (Phi) is 9.10. The third kappa shape index (κ3) is 6.70. The highest BCUT2D eigenvalue weighted by Crippen LogP contribution is 2.41. The quantitative estimate of drug-likeness (QED) is 0.144. The molecule has 0 saturated heterocycles. The zero-order chi connectivity index (χ0) is 35.3. The van der Waals surface area contributed by atoms with Gasteiger partial charge in [0.05, 0.1) is 14.2 Å². The molecule has 0 heterocycles. The van der Waals surface area contributed by atoms with Gasteiger partial charge in [0.15, 0.2) is 0 Å². The van der Waals surface area contributed by atoms with E-state index in [0.717, 1.165) is 56.4 Å². The predicted octanol–water partition coefficient (Wildman–Crippen LogP) is 13.1. The minimum absolute atomic E-state index is 0.821. The number of ether oxygens (including phenoxy) is 2. The highest BCUT2D eigenvalue weighted by molar-refractivity contribution is 5.93. The fourth-order valence-corrected chi connectivity index (χ4v) is 6.72. The average molecular weight is 675 g/mol. The number of methoxy groups -OCH3 is 2. The van der Waals surface area contributed by atoms with Gasteiger partial charge in [-0.05, 0) is 130 Å². The SMILES string of the molecule is COc1ccc(N(c2ccc(-c3ccccc3)cc2)c2ccc3ccc(N(c4ccc(OC)cc4)c4ccc(-c5ccccc5)cc4)cc3c2)cc1. The van der Waals surface area contributed by atoms with Crippen molar-refractivity contribution in [2.24, 2.45) is 0 Å². The van der Waals surface area contributed by atoms with Crippen molar-refractivity contribution in [1.29, 1.82) is 0 Å². The maximum Gasteiger partial charge on any atom is 0.119 e. The maximum atomic E-state index is 5.50. The molecule has 0 spiro atoms. The van der Waals surface area contributed by atoms with E-state index in [-0.39, 0.29) is 0 Å². The lowest BCUT2D eigenvalue weighted by Crippen LogP contribution is -2.11. The van der Waals surface area contributed by atoms with Gasteiger partial charge in [-0.2, -0.15) is 0 Å². The molecular formula is C48H38N2O2. The molecule has 0 aromatic heterocycles. The minimum Gasteiger partial charge on any atom is -0.497 e. The Morgan fingerprint density at radius 3 is 0.942 bits per heavy atom. The van der Waals surface area contributed by atoms with Gasteiger partial charge in [0.25, 0.3) is 0 Å². The zero-order valence-corrected chi connectivity index (χ0v) is 29.2. The molecule has 52 heavy (non-hydrogen) atoms. The van der Waals surface area contributed by atoms with Crippen molar-refractivity contribution in [3.8, 4) is 33.8 Å². The van der Waals surface area contributed by atoms with Crippen LogP contribution in [0.3, 0.4) is 0 Å². The number of rotatable bonds is 10. The molecule has 8 aromatic rings. The summed E-state index contributed by atoms with van der Waals surface area (Å²) >= 11 is 0. The summed E-state index contributed by atoms with van der Waals surface area (Å²) in [6.07, 6.45) is 0. The van der Waals surface area contributed by atoms with Gasteiger partial charge in [0.1, 0.15) is 11.5 Å². The third-order valence-electron chi connectivity index (χ3n) is 9.45. The van der Waals surface area contributed by atoms with E-state index in [1.165, 1.54) is 22.3 Å². The Balaban J connectivity index is 1.21. The van der Waals surface area contributed by atoms with Crippen LogP contribution in [0.2, 0.25) is 0 Å². The van der Waals surface area contributed by atoms with Crippen LogP contribution < -0.4 is 19.3 Å². The second-order valence-corrected chi connectivity index (χ2v) is 12.6. The molecule has 0 unspecified atom stereocenters. The summed E-state index contributed by atoms with van der Waals surface area (Å²) < 4.78 is 11.0. The smallest absolute Gasteiger partial charge is 0.119 e. The van der Waals surface area contributed by atoms with Crippen LogP contribution >= 0.6 is 0 Å². The Hall–Kier alpha value is -6.78. The molecule has 0 aliphatic rings. The summed E-state index contributed by atoms with van der Waals surface area (Å²) in [5.41, 5.74) is 11.1. The van der Waals surface area contributed by atoms with Gasteiger partial charge in [-0.1, -0.05) is 97.1 Å². The zero-order valence-electron chi connectivity index (χ0n) is 29.2. The molecule has 0 fully saturated rings. The summed E-state index contributed by atoms with van der Waals surface area (Å²) in [5.74, 6) is 1.64. The number of benzene rings is 8. The molecule has 0 aliphatic heterocycles. The van der Waals surface area contributed by atoms with E-state index in [4.69, 9.17) is 9.47 Å². The molecule has 0 atom stereocenters. The summed E-state index contributed by atoms with van der Waals surface area (Å²) in [7, 11) is 3.39. The summed E-state index contributed by atoms with van der Waals surface area (Å²) in [6, 6.07) is 68.3. The molecule has 0 N–H and O–H groups in total. The van der Waals surface area contributed by atoms with Crippen molar-refractivity contribution < 1.29 is 9.47 Å². The molecular weight excluding hydrogens is 637 g/mol. The lowest BCUT2D eigenvalue weighted by atomic mass is 10.0. The number of anilines is 6. The van der Waals surface area contributed by atoms with Gasteiger partial charge in [-0.15, -0.1) is 0 Å². The van der Waals surface area contributed by atoms with E-state index in [2.05, 4.69) is 168 Å². The standard InChI is InChI=1S/C48H38N2O2/c1-51-47-29-25-43(26-30-47)49(41-19-13-37(14-20-41)35-9-5-3-6-10-35)45-23-17-39-18-24-46(34-40(39)33-45)50(44-27-31-48(52-2)32-28-44)42-21-15-38(16-22-42)36-11-7-4-8-12-36/h3-34H,1-2H3. The van der Waals surface area contributed by atoms with E-state index in [0.29, 0.717) is 0 Å². The van der Waals surface area contributed by atoms with Gasteiger partial charge in [0, 0.05) is 34.1 Å². The molecule has 8 aromatic carbocycles. The van der Waals surface area contributed by atoms with E-state index in [9.17, 15) is 0 Å². The van der Waals surface area contributed by atoms with Crippen molar-refractivity contribution in [2.45, 2.75) is 0 Å². The van der Waals surface area contributed by atoms with Crippen molar-refractivity contribution in [3.05, 3.63) is 194 Å². The first-order chi connectivity index (χ1) is 25.7. The molecule has 0 bridgehead atoms. The van der Waals surface area contributed by atoms with Crippen LogP contribution in [0.5, 0.6) is 11.5 Å². The maximum absolute atomic E-state index is 5.50. The molecule has 0 saturated carbocycles. The van der Waals surface area contributed by atoms with Gasteiger partial charge >= 0.3 is 0 Å². The van der Waals surface area contributed by atoms with Gasteiger partial charge < -0.3 is 19.3 Å². The summed E-state index contributed by atoms with van der Waals surface area (Å²) in [4.78, 5) is 4.59. The van der Waals surface area contributed by atoms with Gasteiger partial charge in [-0.3, -0.25) is 0 Å². The second kappa shape index (κ2) is 14.6. The molecule has 4 heteroatoms. The van der Waals surface area contributed by atoms with Crippen molar-refractivity contribution in [3.63, 3.8) is 0 Å². The Morgan fingerprint density at radius 2 is 0.596 bits per heavy atom. The van der Waals surface area contributed by atoms with E-state index >= 15 is 0 Å². The fraction of sp³-hybridized carbons (Fsp3) is 0.0417. The van der Waals surface area contributed by atoms with Crippen molar-refractivity contribution in [1.82, 2.24) is 0 Å². The number of nitrogens with zero attached hydrogens (tertiary/aromatic N) is 2. The summed E-state index contributed by atoms with van der Waals surface area (Å²) in [6.45, 7) is 0. The largest absolute Gasteiger partial charge is 0.497 e. The molecule has 8 rings (SSSR count). The van der Waals surface area contributed by atoms with Crippen LogP contribution in [-0.2, 0) is 0 Å².